The maximum Gasteiger partial charge on any atom is 0.0726 e. The fraction of sp³-hybridized carbons (Fsp3) is 1.00. The lowest BCUT2D eigenvalue weighted by Crippen LogP contribution is -2.49. The van der Waals surface area contributed by atoms with Gasteiger partial charge in [-0.2, -0.15) is 0 Å². The van der Waals surface area contributed by atoms with Crippen molar-refractivity contribution >= 4 is 0 Å². The predicted molar refractivity (Wildman–Crippen MR) is 55.0 cm³/mol. The normalized spacial score (nSPS) is 33.9. The van der Waals surface area contributed by atoms with Crippen molar-refractivity contribution < 1.29 is 4.74 Å². The van der Waals surface area contributed by atoms with Gasteiger partial charge in [0, 0.05) is 25.2 Å². The van der Waals surface area contributed by atoms with Gasteiger partial charge in [-0.1, -0.05) is 6.92 Å². The molecule has 3 heteroatoms. The SMILES string of the molecule is CCNCCNC1(C)CCOC1C. The van der Waals surface area contributed by atoms with Crippen LogP contribution in [0.15, 0.2) is 0 Å². The highest BCUT2D eigenvalue weighted by atomic mass is 16.5. The van der Waals surface area contributed by atoms with Gasteiger partial charge in [-0.15, -0.1) is 0 Å². The third kappa shape index (κ3) is 2.93. The second-order valence-electron chi connectivity index (χ2n) is 3.96. The number of likely N-dealkylation sites (N-methyl/N-ethyl adjacent to an activating group) is 1. The molecule has 0 amide bonds. The summed E-state index contributed by atoms with van der Waals surface area (Å²) in [5.74, 6) is 0. The first-order chi connectivity index (χ1) is 6.19. The number of rotatable bonds is 5. The summed E-state index contributed by atoms with van der Waals surface area (Å²) >= 11 is 0. The van der Waals surface area contributed by atoms with Gasteiger partial charge in [0.2, 0.25) is 0 Å². The fourth-order valence-corrected chi connectivity index (χ4v) is 1.68. The van der Waals surface area contributed by atoms with Crippen molar-refractivity contribution in [3.8, 4) is 0 Å². The van der Waals surface area contributed by atoms with Crippen molar-refractivity contribution in [3.05, 3.63) is 0 Å². The third-order valence-corrected chi connectivity index (χ3v) is 2.97. The molecule has 0 bridgehead atoms. The highest BCUT2D eigenvalue weighted by Gasteiger charge is 2.35. The van der Waals surface area contributed by atoms with Gasteiger partial charge < -0.3 is 15.4 Å². The van der Waals surface area contributed by atoms with Crippen LogP contribution < -0.4 is 10.6 Å². The number of hydrogen-bond acceptors (Lipinski definition) is 3. The monoisotopic (exact) mass is 186 g/mol. The molecule has 0 aromatic rings. The molecule has 1 aliphatic rings. The second kappa shape index (κ2) is 4.94. The summed E-state index contributed by atoms with van der Waals surface area (Å²) in [7, 11) is 0. The first kappa shape index (κ1) is 11.0. The zero-order chi connectivity index (χ0) is 9.73. The van der Waals surface area contributed by atoms with Crippen LogP contribution in [0.25, 0.3) is 0 Å². The molecule has 2 unspecified atom stereocenters. The van der Waals surface area contributed by atoms with E-state index < -0.39 is 0 Å². The summed E-state index contributed by atoms with van der Waals surface area (Å²) < 4.78 is 5.54. The highest BCUT2D eigenvalue weighted by Crippen LogP contribution is 2.24. The molecule has 0 saturated carbocycles. The molecule has 1 saturated heterocycles. The summed E-state index contributed by atoms with van der Waals surface area (Å²) in [6.45, 7) is 10.5. The van der Waals surface area contributed by atoms with E-state index in [-0.39, 0.29) is 5.54 Å². The molecule has 2 atom stereocenters. The standard InChI is InChI=1S/C10H22N2O/c1-4-11-6-7-12-10(3)5-8-13-9(10)2/h9,11-12H,4-8H2,1-3H3. The molecule has 1 fully saturated rings. The van der Waals surface area contributed by atoms with Crippen LogP contribution in [0, 0.1) is 0 Å². The lowest BCUT2D eigenvalue weighted by molar-refractivity contribution is 0.0889. The average molecular weight is 186 g/mol. The largest absolute Gasteiger partial charge is 0.377 e. The van der Waals surface area contributed by atoms with E-state index in [1.54, 1.807) is 0 Å². The van der Waals surface area contributed by atoms with E-state index in [0.717, 1.165) is 32.7 Å². The fourth-order valence-electron chi connectivity index (χ4n) is 1.68. The highest BCUT2D eigenvalue weighted by molar-refractivity contribution is 4.93. The number of nitrogens with one attached hydrogen (secondary N) is 2. The van der Waals surface area contributed by atoms with Crippen molar-refractivity contribution in [3.63, 3.8) is 0 Å². The van der Waals surface area contributed by atoms with Crippen LogP contribution >= 0.6 is 0 Å². The second-order valence-corrected chi connectivity index (χ2v) is 3.96. The average Bonchev–Trinajstić information content (AvgIpc) is 2.42. The molecule has 78 valence electrons. The van der Waals surface area contributed by atoms with Gasteiger partial charge in [0.1, 0.15) is 0 Å². The molecule has 2 N–H and O–H groups in total. The van der Waals surface area contributed by atoms with Crippen LogP contribution in [0.2, 0.25) is 0 Å². The number of hydrogen-bond donors (Lipinski definition) is 2. The molecular weight excluding hydrogens is 164 g/mol. The summed E-state index contributed by atoms with van der Waals surface area (Å²) in [6.07, 6.45) is 1.47. The Bertz CT molecular complexity index is 152. The molecule has 0 aliphatic carbocycles. The van der Waals surface area contributed by atoms with Crippen molar-refractivity contribution in [1.29, 1.82) is 0 Å². The summed E-state index contributed by atoms with van der Waals surface area (Å²) in [5.41, 5.74) is 0.190. The minimum absolute atomic E-state index is 0.190. The topological polar surface area (TPSA) is 33.3 Å². The predicted octanol–water partition coefficient (Wildman–Crippen LogP) is 0.753. The van der Waals surface area contributed by atoms with E-state index in [0.29, 0.717) is 6.10 Å². The van der Waals surface area contributed by atoms with Gasteiger partial charge >= 0.3 is 0 Å². The first-order valence-electron chi connectivity index (χ1n) is 5.26. The van der Waals surface area contributed by atoms with Crippen molar-refractivity contribution in [2.45, 2.75) is 38.8 Å². The third-order valence-electron chi connectivity index (χ3n) is 2.97. The summed E-state index contributed by atoms with van der Waals surface area (Å²) in [5, 5.41) is 6.86. The Morgan fingerprint density at radius 3 is 2.77 bits per heavy atom. The maximum absolute atomic E-state index is 5.54. The zero-order valence-electron chi connectivity index (χ0n) is 9.02. The van der Waals surface area contributed by atoms with Crippen LogP contribution in [0.4, 0.5) is 0 Å². The van der Waals surface area contributed by atoms with E-state index in [9.17, 15) is 0 Å². The van der Waals surface area contributed by atoms with E-state index in [4.69, 9.17) is 4.74 Å². The lowest BCUT2D eigenvalue weighted by atomic mass is 9.95. The van der Waals surface area contributed by atoms with Gasteiger partial charge in [0.15, 0.2) is 0 Å². The van der Waals surface area contributed by atoms with Crippen LogP contribution in [0.3, 0.4) is 0 Å². The van der Waals surface area contributed by atoms with Crippen LogP contribution in [0.1, 0.15) is 27.2 Å². The molecule has 1 aliphatic heterocycles. The molecule has 1 rings (SSSR count). The Morgan fingerprint density at radius 1 is 1.46 bits per heavy atom. The molecular formula is C10H22N2O. The summed E-state index contributed by atoms with van der Waals surface area (Å²) in [6, 6.07) is 0. The lowest BCUT2D eigenvalue weighted by Gasteiger charge is -2.29. The first-order valence-corrected chi connectivity index (χ1v) is 5.26. The van der Waals surface area contributed by atoms with Crippen LogP contribution in [-0.2, 0) is 4.74 Å². The minimum atomic E-state index is 0.190. The van der Waals surface area contributed by atoms with Crippen molar-refractivity contribution in [2.75, 3.05) is 26.2 Å². The molecule has 3 nitrogen and oxygen atoms in total. The van der Waals surface area contributed by atoms with Gasteiger partial charge in [0.25, 0.3) is 0 Å². The molecule has 13 heavy (non-hydrogen) atoms. The van der Waals surface area contributed by atoms with Gasteiger partial charge in [-0.05, 0) is 26.8 Å². The minimum Gasteiger partial charge on any atom is -0.377 e. The van der Waals surface area contributed by atoms with Crippen molar-refractivity contribution in [1.82, 2.24) is 10.6 Å². The molecule has 0 aromatic carbocycles. The van der Waals surface area contributed by atoms with Crippen LogP contribution in [0.5, 0.6) is 0 Å². The molecule has 1 heterocycles. The van der Waals surface area contributed by atoms with Crippen LogP contribution in [-0.4, -0.2) is 37.9 Å². The van der Waals surface area contributed by atoms with Gasteiger partial charge in [0.05, 0.1) is 6.10 Å². The van der Waals surface area contributed by atoms with Gasteiger partial charge in [-0.3, -0.25) is 0 Å². The smallest absolute Gasteiger partial charge is 0.0726 e. The Balaban J connectivity index is 2.18. The van der Waals surface area contributed by atoms with E-state index in [2.05, 4.69) is 31.4 Å². The molecule has 0 aromatic heterocycles. The van der Waals surface area contributed by atoms with Gasteiger partial charge in [-0.25, -0.2) is 0 Å². The van der Waals surface area contributed by atoms with E-state index >= 15 is 0 Å². The quantitative estimate of drug-likeness (QED) is 0.622. The number of ether oxygens (including phenoxy) is 1. The maximum atomic E-state index is 5.54. The Hall–Kier alpha value is -0.120. The van der Waals surface area contributed by atoms with E-state index in [1.807, 2.05) is 0 Å². The Labute approximate surface area is 81.2 Å². The zero-order valence-corrected chi connectivity index (χ0v) is 9.02. The van der Waals surface area contributed by atoms with E-state index in [1.165, 1.54) is 0 Å². The van der Waals surface area contributed by atoms with Crippen molar-refractivity contribution in [2.24, 2.45) is 0 Å². The Morgan fingerprint density at radius 2 is 2.23 bits per heavy atom. The summed E-state index contributed by atoms with van der Waals surface area (Å²) in [4.78, 5) is 0. The molecule has 0 spiro atoms. The Kier molecular flexibility index (Phi) is 4.16. The molecule has 0 radical (unpaired) electrons.